The van der Waals surface area contributed by atoms with Crippen LogP contribution in [0.3, 0.4) is 0 Å². The molecule has 1 aromatic carbocycles. The van der Waals surface area contributed by atoms with Crippen molar-refractivity contribution < 1.29 is 14.6 Å². The van der Waals surface area contributed by atoms with Gasteiger partial charge in [-0.2, -0.15) is 0 Å². The van der Waals surface area contributed by atoms with Crippen LogP contribution < -0.4 is 4.90 Å². The summed E-state index contributed by atoms with van der Waals surface area (Å²) in [6.07, 6.45) is 2.97. The lowest BCUT2D eigenvalue weighted by Crippen LogP contribution is -2.47. The predicted molar refractivity (Wildman–Crippen MR) is 83.0 cm³/mol. The van der Waals surface area contributed by atoms with Gasteiger partial charge in [0.2, 0.25) is 0 Å². The van der Waals surface area contributed by atoms with Crippen molar-refractivity contribution in [1.82, 2.24) is 0 Å². The van der Waals surface area contributed by atoms with Gasteiger partial charge in [0.25, 0.3) is 0 Å². The first kappa shape index (κ1) is 15.1. The van der Waals surface area contributed by atoms with Crippen LogP contribution in [0.25, 0.3) is 6.08 Å². The lowest BCUT2D eigenvalue weighted by Gasteiger charge is -2.39. The van der Waals surface area contributed by atoms with Gasteiger partial charge >= 0.3 is 5.97 Å². The third kappa shape index (κ3) is 3.61. The highest BCUT2D eigenvalue weighted by Gasteiger charge is 2.24. The molecule has 0 radical (unpaired) electrons. The number of carboxylic acids is 1. The number of halogens is 1. The van der Waals surface area contributed by atoms with Gasteiger partial charge < -0.3 is 14.7 Å². The average molecular weight is 340 g/mol. The number of nitrogens with zero attached hydrogens (tertiary/aromatic N) is 1. The molecular formula is C15H18BrNO3. The van der Waals surface area contributed by atoms with Crippen molar-refractivity contribution in [2.24, 2.45) is 0 Å². The Morgan fingerprint density at radius 1 is 1.50 bits per heavy atom. The molecule has 20 heavy (non-hydrogen) atoms. The normalized spacial score (nSPS) is 23.2. The highest BCUT2D eigenvalue weighted by atomic mass is 79.9. The fourth-order valence-corrected chi connectivity index (χ4v) is 2.70. The molecule has 1 fully saturated rings. The second-order valence-electron chi connectivity index (χ2n) is 5.02. The van der Waals surface area contributed by atoms with Crippen LogP contribution in [0.1, 0.15) is 19.4 Å². The zero-order valence-electron chi connectivity index (χ0n) is 11.5. The lowest BCUT2D eigenvalue weighted by atomic mass is 10.1. The number of anilines is 1. The van der Waals surface area contributed by atoms with E-state index in [1.807, 2.05) is 25.1 Å². The molecule has 2 rings (SSSR count). The van der Waals surface area contributed by atoms with E-state index in [2.05, 4.69) is 27.8 Å². The van der Waals surface area contributed by atoms with Crippen LogP contribution in [0, 0.1) is 0 Å². The molecule has 0 amide bonds. The largest absolute Gasteiger partial charge is 0.478 e. The molecule has 0 aromatic heterocycles. The summed E-state index contributed by atoms with van der Waals surface area (Å²) in [5, 5.41) is 8.81. The van der Waals surface area contributed by atoms with E-state index >= 15 is 0 Å². The second-order valence-corrected chi connectivity index (χ2v) is 5.94. The molecule has 1 aromatic rings. The molecule has 4 nitrogen and oxygen atoms in total. The van der Waals surface area contributed by atoms with Gasteiger partial charge in [-0.25, -0.2) is 4.79 Å². The van der Waals surface area contributed by atoms with Gasteiger partial charge in [0, 0.05) is 28.8 Å². The molecule has 2 atom stereocenters. The SMILES string of the molecule is CC1CN(c2ccc(Br)cc2/C=C/C(=O)O)C(C)CO1. The molecule has 108 valence electrons. The molecule has 1 saturated heterocycles. The lowest BCUT2D eigenvalue weighted by molar-refractivity contribution is -0.131. The predicted octanol–water partition coefficient (Wildman–Crippen LogP) is 3.16. The Hall–Kier alpha value is -1.33. The maximum atomic E-state index is 10.7. The third-order valence-corrected chi connectivity index (χ3v) is 3.81. The van der Waals surface area contributed by atoms with Gasteiger partial charge in [-0.3, -0.25) is 0 Å². The molecule has 2 unspecified atom stereocenters. The standard InChI is InChI=1S/C15H18BrNO3/c1-10-9-20-11(2)8-17(10)14-5-4-13(16)7-12(14)3-6-15(18)19/h3-7,10-11H,8-9H2,1-2H3,(H,18,19)/b6-3+. The first-order valence-electron chi connectivity index (χ1n) is 6.56. The number of aliphatic carboxylic acids is 1. The zero-order valence-corrected chi connectivity index (χ0v) is 13.1. The van der Waals surface area contributed by atoms with Crippen molar-refractivity contribution >= 4 is 33.7 Å². The van der Waals surface area contributed by atoms with Gasteiger partial charge in [-0.15, -0.1) is 0 Å². The second kappa shape index (κ2) is 6.41. The fourth-order valence-electron chi connectivity index (χ4n) is 2.32. The Morgan fingerprint density at radius 2 is 2.25 bits per heavy atom. The zero-order chi connectivity index (χ0) is 14.7. The molecule has 1 aliphatic rings. The number of morpholine rings is 1. The highest BCUT2D eigenvalue weighted by Crippen LogP contribution is 2.29. The summed E-state index contributed by atoms with van der Waals surface area (Å²) in [6, 6.07) is 6.19. The van der Waals surface area contributed by atoms with Gasteiger partial charge in [-0.1, -0.05) is 15.9 Å². The molecule has 1 heterocycles. The Labute approximate surface area is 127 Å². The summed E-state index contributed by atoms with van der Waals surface area (Å²) < 4.78 is 6.57. The highest BCUT2D eigenvalue weighted by molar-refractivity contribution is 9.10. The maximum absolute atomic E-state index is 10.7. The molecular weight excluding hydrogens is 322 g/mol. The van der Waals surface area contributed by atoms with Crippen molar-refractivity contribution in [1.29, 1.82) is 0 Å². The Kier molecular flexibility index (Phi) is 4.83. The quantitative estimate of drug-likeness (QED) is 0.859. The van der Waals surface area contributed by atoms with Crippen molar-refractivity contribution in [2.75, 3.05) is 18.1 Å². The minimum absolute atomic E-state index is 0.172. The molecule has 1 N–H and O–H groups in total. The van der Waals surface area contributed by atoms with E-state index in [1.54, 1.807) is 6.08 Å². The monoisotopic (exact) mass is 339 g/mol. The van der Waals surface area contributed by atoms with E-state index in [0.29, 0.717) is 6.61 Å². The number of benzene rings is 1. The van der Waals surface area contributed by atoms with Crippen molar-refractivity contribution in [2.45, 2.75) is 26.0 Å². The van der Waals surface area contributed by atoms with E-state index in [0.717, 1.165) is 22.3 Å². The molecule has 1 aliphatic heterocycles. The van der Waals surface area contributed by atoms with Crippen LogP contribution in [0.2, 0.25) is 0 Å². The topological polar surface area (TPSA) is 49.8 Å². The summed E-state index contributed by atoms with van der Waals surface area (Å²) in [5.74, 6) is -0.945. The van der Waals surface area contributed by atoms with Crippen molar-refractivity contribution in [3.05, 3.63) is 34.3 Å². The smallest absolute Gasteiger partial charge is 0.328 e. The third-order valence-electron chi connectivity index (χ3n) is 3.31. The summed E-state index contributed by atoms with van der Waals surface area (Å²) in [7, 11) is 0. The van der Waals surface area contributed by atoms with Gasteiger partial charge in [0.05, 0.1) is 12.7 Å². The number of hydrogen-bond acceptors (Lipinski definition) is 3. The number of carboxylic acid groups (broad SMARTS) is 1. The van der Waals surface area contributed by atoms with Gasteiger partial charge in [0.1, 0.15) is 0 Å². The minimum atomic E-state index is -0.945. The van der Waals surface area contributed by atoms with Crippen LogP contribution in [-0.4, -0.2) is 36.4 Å². The van der Waals surface area contributed by atoms with E-state index < -0.39 is 5.97 Å². The van der Waals surface area contributed by atoms with E-state index in [1.165, 1.54) is 6.08 Å². The number of ether oxygens (including phenoxy) is 1. The van der Waals surface area contributed by atoms with Crippen LogP contribution in [-0.2, 0) is 9.53 Å². The summed E-state index contributed by atoms with van der Waals surface area (Å²) in [5.41, 5.74) is 1.93. The molecule has 0 spiro atoms. The fraction of sp³-hybridized carbons (Fsp3) is 0.400. The van der Waals surface area contributed by atoms with Crippen LogP contribution in [0.4, 0.5) is 5.69 Å². The summed E-state index contributed by atoms with van der Waals surface area (Å²) >= 11 is 3.43. The van der Waals surface area contributed by atoms with Crippen molar-refractivity contribution in [3.8, 4) is 0 Å². The number of rotatable bonds is 3. The molecule has 5 heteroatoms. The van der Waals surface area contributed by atoms with Gasteiger partial charge in [0.15, 0.2) is 0 Å². The maximum Gasteiger partial charge on any atom is 0.328 e. The van der Waals surface area contributed by atoms with Crippen molar-refractivity contribution in [3.63, 3.8) is 0 Å². The molecule has 0 saturated carbocycles. The number of carbonyl (C=O) groups is 1. The molecule has 0 aliphatic carbocycles. The summed E-state index contributed by atoms with van der Waals surface area (Å²) in [6.45, 7) is 5.64. The van der Waals surface area contributed by atoms with Gasteiger partial charge in [-0.05, 0) is 43.7 Å². The Morgan fingerprint density at radius 3 is 2.95 bits per heavy atom. The first-order valence-corrected chi connectivity index (χ1v) is 7.35. The Balaban J connectivity index is 2.36. The van der Waals surface area contributed by atoms with E-state index in [-0.39, 0.29) is 12.1 Å². The minimum Gasteiger partial charge on any atom is -0.478 e. The van der Waals surface area contributed by atoms with E-state index in [9.17, 15) is 4.79 Å². The molecule has 0 bridgehead atoms. The van der Waals surface area contributed by atoms with E-state index in [4.69, 9.17) is 9.84 Å². The van der Waals surface area contributed by atoms with Crippen LogP contribution >= 0.6 is 15.9 Å². The average Bonchev–Trinajstić information content (AvgIpc) is 2.39. The Bertz CT molecular complexity index is 530. The van der Waals surface area contributed by atoms with Crippen LogP contribution in [0.15, 0.2) is 28.7 Å². The first-order chi connectivity index (χ1) is 9.47. The summed E-state index contributed by atoms with van der Waals surface area (Å²) in [4.78, 5) is 13.0. The number of hydrogen-bond donors (Lipinski definition) is 1. The van der Waals surface area contributed by atoms with Crippen LogP contribution in [0.5, 0.6) is 0 Å².